The fourth-order valence-electron chi connectivity index (χ4n) is 1.45. The molecule has 16 heavy (non-hydrogen) atoms. The van der Waals surface area contributed by atoms with Gasteiger partial charge in [0.1, 0.15) is 0 Å². The molecule has 4 heteroatoms. The molecule has 0 atom stereocenters. The number of rotatable bonds is 3. The average molecular weight is 233 g/mol. The quantitative estimate of drug-likeness (QED) is 0.882. The Morgan fingerprint density at radius 1 is 1.25 bits per heavy atom. The van der Waals surface area contributed by atoms with Crippen LogP contribution < -0.4 is 4.90 Å². The van der Waals surface area contributed by atoms with E-state index in [4.69, 9.17) is 5.11 Å². The molecule has 1 amide bonds. The summed E-state index contributed by atoms with van der Waals surface area (Å²) in [6.07, 6.45) is -0.928. The van der Waals surface area contributed by atoms with Gasteiger partial charge in [0, 0.05) is 5.38 Å². The van der Waals surface area contributed by atoms with Gasteiger partial charge in [0.2, 0.25) is 0 Å². The van der Waals surface area contributed by atoms with Crippen LogP contribution in [0.2, 0.25) is 0 Å². The second-order valence-corrected chi connectivity index (χ2v) is 4.12. The van der Waals surface area contributed by atoms with Crippen molar-refractivity contribution in [3.8, 4) is 0 Å². The van der Waals surface area contributed by atoms with E-state index in [9.17, 15) is 4.79 Å². The summed E-state index contributed by atoms with van der Waals surface area (Å²) in [5, 5.41) is 12.8. The Kier molecular flexibility index (Phi) is 3.22. The van der Waals surface area contributed by atoms with Gasteiger partial charge in [0.05, 0.1) is 12.2 Å². The molecule has 0 saturated carbocycles. The highest BCUT2D eigenvalue weighted by Crippen LogP contribution is 2.20. The molecule has 2 rings (SSSR count). The second-order valence-electron chi connectivity index (χ2n) is 3.34. The first-order valence-electron chi connectivity index (χ1n) is 4.84. The van der Waals surface area contributed by atoms with Gasteiger partial charge in [-0.05, 0) is 17.0 Å². The molecule has 0 radical (unpaired) electrons. The molecule has 1 aromatic carbocycles. The maximum absolute atomic E-state index is 11.1. The molecule has 1 N–H and O–H groups in total. The van der Waals surface area contributed by atoms with Crippen LogP contribution in [0.25, 0.3) is 0 Å². The Hall–Kier alpha value is -1.81. The smallest absolute Gasteiger partial charge is 0.412 e. The molecule has 82 valence electrons. The molecule has 1 aromatic heterocycles. The summed E-state index contributed by atoms with van der Waals surface area (Å²) in [7, 11) is 0. The maximum Gasteiger partial charge on any atom is 0.412 e. The van der Waals surface area contributed by atoms with E-state index in [-0.39, 0.29) is 0 Å². The van der Waals surface area contributed by atoms with E-state index in [2.05, 4.69) is 0 Å². The number of hydrogen-bond donors (Lipinski definition) is 1. The molecule has 2 aromatic rings. The molecule has 0 aliphatic rings. The van der Waals surface area contributed by atoms with Gasteiger partial charge in [-0.1, -0.05) is 30.3 Å². The normalized spacial score (nSPS) is 10.0. The maximum atomic E-state index is 11.1. The zero-order valence-corrected chi connectivity index (χ0v) is 9.35. The predicted octanol–water partition coefficient (Wildman–Crippen LogP) is 3.43. The lowest BCUT2D eigenvalue weighted by atomic mass is 10.2. The van der Waals surface area contributed by atoms with Crippen LogP contribution in [0.3, 0.4) is 0 Å². The molecule has 0 spiro atoms. The van der Waals surface area contributed by atoms with Crippen molar-refractivity contribution >= 4 is 23.1 Å². The van der Waals surface area contributed by atoms with Crippen LogP contribution in [-0.2, 0) is 6.54 Å². The van der Waals surface area contributed by atoms with E-state index in [1.54, 1.807) is 0 Å². The van der Waals surface area contributed by atoms with Gasteiger partial charge in [-0.2, -0.15) is 11.3 Å². The van der Waals surface area contributed by atoms with Gasteiger partial charge in [-0.3, -0.25) is 4.90 Å². The monoisotopic (exact) mass is 233 g/mol. The van der Waals surface area contributed by atoms with Crippen molar-refractivity contribution in [1.82, 2.24) is 0 Å². The third-order valence-electron chi connectivity index (χ3n) is 2.23. The Morgan fingerprint density at radius 3 is 2.56 bits per heavy atom. The summed E-state index contributed by atoms with van der Waals surface area (Å²) in [6, 6.07) is 11.4. The van der Waals surface area contributed by atoms with E-state index in [0.717, 1.165) is 11.3 Å². The highest BCUT2D eigenvalue weighted by molar-refractivity contribution is 7.08. The summed E-state index contributed by atoms with van der Waals surface area (Å²) < 4.78 is 0. The van der Waals surface area contributed by atoms with Crippen molar-refractivity contribution in [2.75, 3.05) is 4.90 Å². The summed E-state index contributed by atoms with van der Waals surface area (Å²) in [5.74, 6) is 0. The van der Waals surface area contributed by atoms with Crippen LogP contribution in [-0.4, -0.2) is 11.2 Å². The van der Waals surface area contributed by atoms with Gasteiger partial charge in [-0.15, -0.1) is 0 Å². The largest absolute Gasteiger partial charge is 0.465 e. The lowest BCUT2D eigenvalue weighted by molar-refractivity contribution is 0.201. The number of carbonyl (C=O) groups is 1. The van der Waals surface area contributed by atoms with Crippen molar-refractivity contribution in [2.45, 2.75) is 6.54 Å². The molecule has 0 fully saturated rings. The fraction of sp³-hybridized carbons (Fsp3) is 0.0833. The number of benzene rings is 1. The summed E-state index contributed by atoms with van der Waals surface area (Å²) in [6.45, 7) is 0.382. The zero-order chi connectivity index (χ0) is 11.4. The number of nitrogens with zero attached hydrogens (tertiary/aromatic N) is 1. The number of amides is 1. The van der Waals surface area contributed by atoms with Crippen molar-refractivity contribution in [3.05, 3.63) is 52.7 Å². The minimum absolute atomic E-state index is 0.382. The standard InChI is InChI=1S/C12H11NO2S/c14-12(15)13(11-6-7-16-9-11)8-10-4-2-1-3-5-10/h1-7,9H,8H2,(H,14,15). The minimum Gasteiger partial charge on any atom is -0.465 e. The SMILES string of the molecule is O=C(O)N(Cc1ccccc1)c1ccsc1. The topological polar surface area (TPSA) is 40.5 Å². The van der Waals surface area contributed by atoms with Gasteiger partial charge < -0.3 is 5.11 Å². The molecule has 0 bridgehead atoms. The van der Waals surface area contributed by atoms with Gasteiger partial charge in [-0.25, -0.2) is 4.79 Å². The van der Waals surface area contributed by atoms with Crippen LogP contribution >= 0.6 is 11.3 Å². The van der Waals surface area contributed by atoms with E-state index >= 15 is 0 Å². The third kappa shape index (κ3) is 2.41. The van der Waals surface area contributed by atoms with Crippen molar-refractivity contribution in [2.24, 2.45) is 0 Å². The average Bonchev–Trinajstić information content (AvgIpc) is 2.80. The van der Waals surface area contributed by atoms with Crippen LogP contribution in [0, 0.1) is 0 Å². The fourth-order valence-corrected chi connectivity index (χ4v) is 2.09. The number of thiophene rings is 1. The Bertz CT molecular complexity index is 453. The summed E-state index contributed by atoms with van der Waals surface area (Å²) in [5.41, 5.74) is 1.71. The highest BCUT2D eigenvalue weighted by Gasteiger charge is 2.14. The first kappa shape index (κ1) is 10.7. The molecule has 0 unspecified atom stereocenters. The Morgan fingerprint density at radius 2 is 2.00 bits per heavy atom. The summed E-state index contributed by atoms with van der Waals surface area (Å²) >= 11 is 1.49. The minimum atomic E-state index is -0.928. The van der Waals surface area contributed by atoms with Crippen LogP contribution in [0.4, 0.5) is 10.5 Å². The van der Waals surface area contributed by atoms with Gasteiger partial charge in [0.15, 0.2) is 0 Å². The van der Waals surface area contributed by atoms with Crippen molar-refractivity contribution in [1.29, 1.82) is 0 Å². The van der Waals surface area contributed by atoms with Gasteiger partial charge in [0.25, 0.3) is 0 Å². The third-order valence-corrected chi connectivity index (χ3v) is 2.90. The summed E-state index contributed by atoms with van der Waals surface area (Å²) in [4.78, 5) is 12.5. The zero-order valence-electron chi connectivity index (χ0n) is 8.54. The van der Waals surface area contributed by atoms with E-state index in [0.29, 0.717) is 6.54 Å². The number of carboxylic acid groups (broad SMARTS) is 1. The molecular formula is C12H11NO2S. The molecular weight excluding hydrogens is 222 g/mol. The molecule has 0 aliphatic heterocycles. The number of anilines is 1. The van der Waals surface area contributed by atoms with E-state index < -0.39 is 6.09 Å². The Balaban J connectivity index is 2.19. The molecule has 0 aliphatic carbocycles. The lowest BCUT2D eigenvalue weighted by Gasteiger charge is -2.17. The second kappa shape index (κ2) is 4.81. The number of hydrogen-bond acceptors (Lipinski definition) is 2. The first-order valence-corrected chi connectivity index (χ1v) is 5.78. The lowest BCUT2D eigenvalue weighted by Crippen LogP contribution is -2.28. The molecule has 1 heterocycles. The van der Waals surface area contributed by atoms with Crippen LogP contribution in [0.5, 0.6) is 0 Å². The molecule has 3 nitrogen and oxygen atoms in total. The van der Waals surface area contributed by atoms with Crippen molar-refractivity contribution in [3.63, 3.8) is 0 Å². The van der Waals surface area contributed by atoms with Crippen LogP contribution in [0.15, 0.2) is 47.2 Å². The highest BCUT2D eigenvalue weighted by atomic mass is 32.1. The Labute approximate surface area is 97.6 Å². The predicted molar refractivity (Wildman–Crippen MR) is 65.0 cm³/mol. The van der Waals surface area contributed by atoms with Crippen LogP contribution in [0.1, 0.15) is 5.56 Å². The molecule has 0 saturated heterocycles. The van der Waals surface area contributed by atoms with Crippen molar-refractivity contribution < 1.29 is 9.90 Å². The first-order chi connectivity index (χ1) is 7.77. The van der Waals surface area contributed by atoms with Gasteiger partial charge >= 0.3 is 6.09 Å². The van der Waals surface area contributed by atoms with E-state index in [1.165, 1.54) is 16.2 Å². The van der Waals surface area contributed by atoms with E-state index in [1.807, 2.05) is 47.2 Å².